The van der Waals surface area contributed by atoms with Crippen LogP contribution in [0, 0.1) is 47.3 Å². The zero-order chi connectivity index (χ0) is 21.4. The summed E-state index contributed by atoms with van der Waals surface area (Å²) in [6.45, 7) is 1.32. The van der Waals surface area contributed by atoms with Gasteiger partial charge in [-0.05, 0) is 62.2 Å². The van der Waals surface area contributed by atoms with E-state index in [9.17, 15) is 26.8 Å². The average Bonchev–Trinajstić information content (AvgIpc) is 3.43. The van der Waals surface area contributed by atoms with E-state index in [0.29, 0.717) is 12.3 Å². The lowest BCUT2D eigenvalue weighted by Gasteiger charge is -2.36. The van der Waals surface area contributed by atoms with Crippen molar-refractivity contribution in [1.82, 2.24) is 0 Å². The quantitative estimate of drug-likeness (QED) is 0.463. The minimum absolute atomic E-state index is 0.0118. The highest BCUT2D eigenvalue weighted by Gasteiger charge is 2.58. The summed E-state index contributed by atoms with van der Waals surface area (Å²) < 4.78 is 59.3. The Morgan fingerprint density at radius 2 is 1.80 bits per heavy atom. The lowest BCUT2D eigenvalue weighted by atomic mass is 9.67. The number of carbonyl (C=O) groups is 2. The van der Waals surface area contributed by atoms with Crippen LogP contribution in [0.4, 0.5) is 8.78 Å². The van der Waals surface area contributed by atoms with Gasteiger partial charge >= 0.3 is 15.4 Å². The maximum absolute atomic E-state index is 14.7. The fourth-order valence-electron chi connectivity index (χ4n) is 7.12. The van der Waals surface area contributed by atoms with E-state index < -0.39 is 39.7 Å². The van der Waals surface area contributed by atoms with Crippen LogP contribution in [0.15, 0.2) is 12.2 Å². The van der Waals surface area contributed by atoms with E-state index in [1.54, 1.807) is 0 Å². The molecule has 166 valence electrons. The first kappa shape index (κ1) is 20.7. The molecule has 8 heteroatoms. The van der Waals surface area contributed by atoms with Crippen molar-refractivity contribution in [2.24, 2.45) is 47.3 Å². The van der Waals surface area contributed by atoms with Gasteiger partial charge < -0.3 is 0 Å². The van der Waals surface area contributed by atoms with Crippen LogP contribution in [0.2, 0.25) is 0 Å². The lowest BCUT2D eigenvalue weighted by molar-refractivity contribution is -0.145. The second-order valence-corrected chi connectivity index (χ2v) is 11.9. The first-order valence-electron chi connectivity index (χ1n) is 11.1. The van der Waals surface area contributed by atoms with Gasteiger partial charge in [0.15, 0.2) is 0 Å². The molecule has 5 nitrogen and oxygen atoms in total. The van der Waals surface area contributed by atoms with Gasteiger partial charge in [-0.3, -0.25) is 13.8 Å². The molecule has 4 saturated carbocycles. The van der Waals surface area contributed by atoms with E-state index >= 15 is 0 Å². The zero-order valence-electron chi connectivity index (χ0n) is 17.0. The molecule has 30 heavy (non-hydrogen) atoms. The predicted molar refractivity (Wildman–Crippen MR) is 104 cm³/mol. The summed E-state index contributed by atoms with van der Waals surface area (Å²) in [6.07, 6.45) is 6.06. The van der Waals surface area contributed by atoms with Crippen LogP contribution < -0.4 is 0 Å². The summed E-state index contributed by atoms with van der Waals surface area (Å²) in [6, 6.07) is 0. The molecule has 0 aliphatic heterocycles. The van der Waals surface area contributed by atoms with Crippen LogP contribution in [-0.4, -0.2) is 31.3 Å². The number of carbonyl (C=O) groups excluding carboxylic acids is 2. The lowest BCUT2D eigenvalue weighted by Crippen LogP contribution is -2.48. The predicted octanol–water partition coefficient (Wildman–Crippen LogP) is 3.74. The summed E-state index contributed by atoms with van der Waals surface area (Å²) >= 11 is 0. The molecule has 4 bridgehead atoms. The molecule has 9 atom stereocenters. The molecule has 0 aromatic carbocycles. The zero-order valence-corrected chi connectivity index (χ0v) is 17.8. The SMILES string of the molecule is CC(OS(=O)(=O)C(F)(F)CC1CC2CCC1C2)C1CC(=O)C2C3C=CC(C3)C2C1=O. The molecule has 0 saturated heterocycles. The number of hydrogen-bond acceptors (Lipinski definition) is 5. The Bertz CT molecular complexity index is 897. The number of allylic oxidation sites excluding steroid dienone is 2. The maximum Gasteiger partial charge on any atom is 0.370 e. The molecule has 0 heterocycles. The Morgan fingerprint density at radius 3 is 2.43 bits per heavy atom. The molecule has 5 aliphatic rings. The van der Waals surface area contributed by atoms with Crippen molar-refractivity contribution in [3.8, 4) is 0 Å². The second-order valence-electron chi connectivity index (χ2n) is 10.2. The number of halogens is 2. The van der Waals surface area contributed by atoms with E-state index in [1.165, 1.54) is 6.92 Å². The molecule has 4 fully saturated rings. The van der Waals surface area contributed by atoms with Gasteiger partial charge in [0.2, 0.25) is 0 Å². The molecule has 5 rings (SSSR count). The number of ketones is 2. The molecular formula is C22H28F2O5S. The Balaban J connectivity index is 1.28. The summed E-state index contributed by atoms with van der Waals surface area (Å²) in [5, 5.41) is -3.99. The minimum atomic E-state index is -5.20. The van der Waals surface area contributed by atoms with Gasteiger partial charge in [0.1, 0.15) is 11.6 Å². The van der Waals surface area contributed by atoms with Crippen LogP contribution in [-0.2, 0) is 23.9 Å². The fourth-order valence-corrected chi connectivity index (χ4v) is 8.21. The first-order valence-corrected chi connectivity index (χ1v) is 12.5. The Hall–Kier alpha value is -1.15. The van der Waals surface area contributed by atoms with Gasteiger partial charge in [-0.2, -0.15) is 17.2 Å². The van der Waals surface area contributed by atoms with E-state index in [0.717, 1.165) is 25.7 Å². The van der Waals surface area contributed by atoms with Crippen LogP contribution >= 0.6 is 0 Å². The van der Waals surface area contributed by atoms with E-state index in [1.807, 2.05) is 12.2 Å². The van der Waals surface area contributed by atoms with Gasteiger partial charge in [-0.15, -0.1) is 0 Å². The second kappa shape index (κ2) is 6.92. The largest absolute Gasteiger partial charge is 0.370 e. The van der Waals surface area contributed by atoms with Gasteiger partial charge in [0, 0.05) is 24.7 Å². The van der Waals surface area contributed by atoms with Crippen molar-refractivity contribution in [2.75, 3.05) is 0 Å². The molecule has 0 N–H and O–H groups in total. The van der Waals surface area contributed by atoms with Crippen molar-refractivity contribution in [2.45, 2.75) is 63.2 Å². The number of hydrogen-bond donors (Lipinski definition) is 0. The summed E-state index contributed by atoms with van der Waals surface area (Å²) in [5.41, 5.74) is 0. The third-order valence-corrected chi connectivity index (χ3v) is 10.00. The van der Waals surface area contributed by atoms with Crippen molar-refractivity contribution in [3.63, 3.8) is 0 Å². The Labute approximate surface area is 175 Å². The van der Waals surface area contributed by atoms with Gasteiger partial charge in [-0.1, -0.05) is 18.6 Å². The molecule has 0 aromatic rings. The normalized spacial score (nSPS) is 43.4. The highest BCUT2D eigenvalue weighted by Crippen LogP contribution is 2.54. The highest BCUT2D eigenvalue weighted by molar-refractivity contribution is 7.87. The van der Waals surface area contributed by atoms with Crippen molar-refractivity contribution < 1.29 is 31.0 Å². The fraction of sp³-hybridized carbons (Fsp3) is 0.818. The number of alkyl halides is 2. The summed E-state index contributed by atoms with van der Waals surface area (Å²) in [7, 11) is -5.20. The summed E-state index contributed by atoms with van der Waals surface area (Å²) in [5.74, 6) is -1.71. The van der Waals surface area contributed by atoms with E-state index in [4.69, 9.17) is 4.18 Å². The van der Waals surface area contributed by atoms with E-state index in [-0.39, 0.29) is 47.6 Å². The molecule has 5 aliphatic carbocycles. The minimum Gasteiger partial charge on any atom is -0.299 e. The molecule has 0 radical (unpaired) electrons. The van der Waals surface area contributed by atoms with Gasteiger partial charge in [-0.25, -0.2) is 0 Å². The van der Waals surface area contributed by atoms with Gasteiger partial charge in [0.05, 0.1) is 12.0 Å². The number of Topliss-reactive ketones (excluding diaryl/α,β-unsaturated/α-hetero) is 2. The molecular weight excluding hydrogens is 414 g/mol. The van der Waals surface area contributed by atoms with Crippen LogP contribution in [0.25, 0.3) is 0 Å². The van der Waals surface area contributed by atoms with Crippen LogP contribution in [0.3, 0.4) is 0 Å². The third-order valence-electron chi connectivity index (χ3n) is 8.54. The van der Waals surface area contributed by atoms with Crippen LogP contribution in [0.1, 0.15) is 51.9 Å². The monoisotopic (exact) mass is 442 g/mol. The Kier molecular flexibility index (Phi) is 4.79. The third kappa shape index (κ3) is 3.12. The maximum atomic E-state index is 14.7. The average molecular weight is 443 g/mol. The molecule has 9 unspecified atom stereocenters. The van der Waals surface area contributed by atoms with Crippen molar-refractivity contribution in [3.05, 3.63) is 12.2 Å². The smallest absolute Gasteiger partial charge is 0.299 e. The van der Waals surface area contributed by atoms with Crippen molar-refractivity contribution in [1.29, 1.82) is 0 Å². The number of fused-ring (bicyclic) bond motifs is 7. The topological polar surface area (TPSA) is 77.5 Å². The molecule has 0 amide bonds. The molecule has 0 spiro atoms. The van der Waals surface area contributed by atoms with E-state index in [2.05, 4.69) is 0 Å². The van der Waals surface area contributed by atoms with Crippen molar-refractivity contribution >= 4 is 21.7 Å². The van der Waals surface area contributed by atoms with Gasteiger partial charge in [0.25, 0.3) is 0 Å². The standard InChI is InChI=1S/C22H28F2O5S/c1-11(17-9-18(25)19-14-4-5-15(8-14)20(19)21(17)26)29-30(27,28)22(23,24)10-16-7-12-2-3-13(16)6-12/h4-5,11-17,19-20H,2-3,6-10H2,1H3. The number of rotatable bonds is 6. The first-order chi connectivity index (χ1) is 14.1. The Morgan fingerprint density at radius 1 is 1.10 bits per heavy atom. The summed E-state index contributed by atoms with van der Waals surface area (Å²) in [4.78, 5) is 25.7. The highest BCUT2D eigenvalue weighted by atomic mass is 32.2. The van der Waals surface area contributed by atoms with Crippen LogP contribution in [0.5, 0.6) is 0 Å². The molecule has 0 aromatic heterocycles.